The quantitative estimate of drug-likeness (QED) is 0.0252. The number of hydrogen-bond donors (Lipinski definition) is 12. The Labute approximate surface area is 563 Å². The molecule has 1 amide bonds. The molecule has 0 bridgehead atoms. The molecule has 17 atom stereocenters. The van der Waals surface area contributed by atoms with Gasteiger partial charge in [0.05, 0.1) is 38.6 Å². The Bertz CT molecular complexity index is 1690. The topological polar surface area (TPSA) is 307 Å². The molecule has 0 aromatic carbocycles. The second kappa shape index (κ2) is 56.5. The summed E-state index contributed by atoms with van der Waals surface area (Å²) in [6, 6.07) is -0.882. The zero-order valence-corrected chi connectivity index (χ0v) is 58.8. The molecule has 19 heteroatoms. The SMILES string of the molecule is CCCCCCCCCCCCCCCCCCCCCCCCCCCCCCCCCC(O)C(COC1OC(CO)C(OC2OC(CO)C(OC3OC(CO)C(O)C(O)C3O)C(O)C2O)C(O)C1O)NC(=O)CCCCCCCCCCCCCCCCCCC. The number of amides is 1. The van der Waals surface area contributed by atoms with Crippen LogP contribution >= 0.6 is 0 Å². The van der Waals surface area contributed by atoms with Crippen LogP contribution in [0.1, 0.15) is 335 Å². The van der Waals surface area contributed by atoms with E-state index in [9.17, 15) is 61.0 Å². The largest absolute Gasteiger partial charge is 0.394 e. The second-order valence-corrected chi connectivity index (χ2v) is 28.2. The van der Waals surface area contributed by atoms with E-state index in [1.165, 1.54) is 257 Å². The average molecular weight is 1330 g/mol. The zero-order chi connectivity index (χ0) is 67.5. The van der Waals surface area contributed by atoms with Crippen molar-refractivity contribution in [1.82, 2.24) is 5.32 Å². The predicted octanol–water partition coefficient (Wildman–Crippen LogP) is 11.8. The van der Waals surface area contributed by atoms with E-state index in [1.807, 2.05) is 0 Å². The van der Waals surface area contributed by atoms with Crippen LogP contribution < -0.4 is 5.32 Å². The molecule has 0 aliphatic carbocycles. The first kappa shape index (κ1) is 86.0. The van der Waals surface area contributed by atoms with Gasteiger partial charge in [-0.2, -0.15) is 0 Å². The number of hydrogen-bond acceptors (Lipinski definition) is 18. The highest BCUT2D eigenvalue weighted by atomic mass is 16.8. The Morgan fingerprint density at radius 3 is 0.935 bits per heavy atom. The lowest BCUT2D eigenvalue weighted by Gasteiger charge is -2.48. The van der Waals surface area contributed by atoms with E-state index in [1.54, 1.807) is 0 Å². The summed E-state index contributed by atoms with van der Waals surface area (Å²) in [4.78, 5) is 13.4. The van der Waals surface area contributed by atoms with E-state index in [0.29, 0.717) is 12.8 Å². The van der Waals surface area contributed by atoms with E-state index in [-0.39, 0.29) is 18.9 Å². The van der Waals surface area contributed by atoms with Gasteiger partial charge in [0.1, 0.15) is 73.2 Å². The third-order valence-electron chi connectivity index (χ3n) is 19.9. The van der Waals surface area contributed by atoms with Crippen LogP contribution in [0.4, 0.5) is 0 Å². The number of ether oxygens (including phenoxy) is 6. The second-order valence-electron chi connectivity index (χ2n) is 28.2. The number of rotatable bonds is 62. The van der Waals surface area contributed by atoms with E-state index in [0.717, 1.165) is 44.9 Å². The third-order valence-corrected chi connectivity index (χ3v) is 19.9. The molecule has 552 valence electrons. The van der Waals surface area contributed by atoms with Crippen LogP contribution in [0, 0.1) is 0 Å². The van der Waals surface area contributed by atoms with Gasteiger partial charge in [0, 0.05) is 6.42 Å². The molecule has 0 aromatic heterocycles. The molecule has 17 unspecified atom stereocenters. The highest BCUT2D eigenvalue weighted by Crippen LogP contribution is 2.33. The molecule has 0 aromatic rings. The smallest absolute Gasteiger partial charge is 0.220 e. The molecule has 3 aliphatic heterocycles. The molecule has 3 fully saturated rings. The Balaban J connectivity index is 1.36. The summed E-state index contributed by atoms with van der Waals surface area (Å²) in [6.45, 7) is 1.86. The first-order chi connectivity index (χ1) is 45.3. The fraction of sp³-hybridized carbons (Fsp3) is 0.986. The van der Waals surface area contributed by atoms with E-state index >= 15 is 0 Å². The van der Waals surface area contributed by atoms with Crippen molar-refractivity contribution in [3.8, 4) is 0 Å². The lowest BCUT2D eigenvalue weighted by atomic mass is 9.96. The van der Waals surface area contributed by atoms with Gasteiger partial charge in [-0.25, -0.2) is 0 Å². The maximum Gasteiger partial charge on any atom is 0.220 e. The molecule has 3 heterocycles. The summed E-state index contributed by atoms with van der Waals surface area (Å²) < 4.78 is 34.5. The Morgan fingerprint density at radius 1 is 0.344 bits per heavy atom. The summed E-state index contributed by atoms with van der Waals surface area (Å²) in [5, 5.41) is 121. The molecular formula is C74H143NO18. The number of unbranched alkanes of at least 4 members (excludes halogenated alkanes) is 46. The van der Waals surface area contributed by atoms with Crippen molar-refractivity contribution in [2.24, 2.45) is 0 Å². The zero-order valence-electron chi connectivity index (χ0n) is 58.8. The van der Waals surface area contributed by atoms with Crippen molar-refractivity contribution in [1.29, 1.82) is 0 Å². The highest BCUT2D eigenvalue weighted by molar-refractivity contribution is 5.76. The van der Waals surface area contributed by atoms with Gasteiger partial charge >= 0.3 is 0 Å². The van der Waals surface area contributed by atoms with Crippen LogP contribution in [0.25, 0.3) is 0 Å². The highest BCUT2D eigenvalue weighted by Gasteiger charge is 2.54. The normalized spacial score (nSPS) is 27.4. The van der Waals surface area contributed by atoms with Crippen molar-refractivity contribution in [2.75, 3.05) is 26.4 Å². The molecular weight excluding hydrogens is 1190 g/mol. The van der Waals surface area contributed by atoms with Crippen molar-refractivity contribution in [3.05, 3.63) is 0 Å². The number of carbonyl (C=O) groups excluding carboxylic acids is 1. The Kier molecular flexibility index (Phi) is 52.3. The van der Waals surface area contributed by atoms with Gasteiger partial charge in [-0.15, -0.1) is 0 Å². The number of nitrogens with one attached hydrogen (secondary N) is 1. The molecule has 3 saturated heterocycles. The summed E-state index contributed by atoms with van der Waals surface area (Å²) in [5.41, 5.74) is 0. The number of aliphatic hydroxyl groups is 11. The van der Waals surface area contributed by atoms with Crippen LogP contribution in [0.2, 0.25) is 0 Å². The molecule has 12 N–H and O–H groups in total. The standard InChI is InChI=1S/C74H143NO18/c1-3-5-7-9-11-13-15-17-19-21-22-23-24-25-26-27-28-29-30-31-32-33-34-36-37-39-41-43-45-47-49-51-58(79)57(75-62(80)52-50-48-46-44-42-40-38-35-20-18-16-14-12-10-8-6-4-2)56-88-72-68(86)65(83)70(60(54-77)90-72)93-74-69(87)66(84)71(61(55-78)91-74)92-73-67(85)64(82)63(81)59(53-76)89-73/h57-61,63-74,76-79,81-87H,3-56H2,1-2H3,(H,75,80). The van der Waals surface area contributed by atoms with Crippen LogP contribution in [-0.4, -0.2) is 193 Å². The minimum Gasteiger partial charge on any atom is -0.394 e. The van der Waals surface area contributed by atoms with Crippen LogP contribution in [0.15, 0.2) is 0 Å². The van der Waals surface area contributed by atoms with E-state index in [2.05, 4.69) is 19.2 Å². The van der Waals surface area contributed by atoms with Gasteiger partial charge in [0.15, 0.2) is 18.9 Å². The fourth-order valence-electron chi connectivity index (χ4n) is 13.7. The van der Waals surface area contributed by atoms with Gasteiger partial charge in [0.25, 0.3) is 0 Å². The first-order valence-corrected chi connectivity index (χ1v) is 38.8. The monoisotopic (exact) mass is 1330 g/mol. The Morgan fingerprint density at radius 2 is 0.613 bits per heavy atom. The van der Waals surface area contributed by atoms with Gasteiger partial charge in [0.2, 0.25) is 5.91 Å². The van der Waals surface area contributed by atoms with Gasteiger partial charge < -0.3 is 89.9 Å². The predicted molar refractivity (Wildman–Crippen MR) is 365 cm³/mol. The van der Waals surface area contributed by atoms with Crippen LogP contribution in [0.3, 0.4) is 0 Å². The molecule has 93 heavy (non-hydrogen) atoms. The van der Waals surface area contributed by atoms with Crippen LogP contribution in [0.5, 0.6) is 0 Å². The van der Waals surface area contributed by atoms with Gasteiger partial charge in [-0.1, -0.05) is 316 Å². The van der Waals surface area contributed by atoms with Crippen molar-refractivity contribution >= 4 is 5.91 Å². The lowest BCUT2D eigenvalue weighted by molar-refractivity contribution is -0.379. The summed E-state index contributed by atoms with van der Waals surface area (Å²) in [7, 11) is 0. The summed E-state index contributed by atoms with van der Waals surface area (Å²) >= 11 is 0. The fourth-order valence-corrected chi connectivity index (χ4v) is 13.7. The summed E-state index contributed by atoms with van der Waals surface area (Å²) in [5.74, 6) is -0.235. The van der Waals surface area contributed by atoms with Crippen molar-refractivity contribution in [3.63, 3.8) is 0 Å². The van der Waals surface area contributed by atoms with Crippen molar-refractivity contribution in [2.45, 2.75) is 439 Å². The van der Waals surface area contributed by atoms with E-state index < -0.39 is 124 Å². The minimum atomic E-state index is -1.97. The Hall–Kier alpha value is -1.21. The molecule has 3 rings (SSSR count). The molecule has 3 aliphatic rings. The van der Waals surface area contributed by atoms with E-state index in [4.69, 9.17) is 28.4 Å². The number of carbonyl (C=O) groups is 1. The maximum atomic E-state index is 13.4. The van der Waals surface area contributed by atoms with Crippen molar-refractivity contribution < 1.29 is 89.4 Å². The third kappa shape index (κ3) is 37.7. The average Bonchev–Trinajstić information content (AvgIpc) is 0.814. The van der Waals surface area contributed by atoms with Gasteiger partial charge in [-0.3, -0.25) is 4.79 Å². The molecule has 0 spiro atoms. The summed E-state index contributed by atoms with van der Waals surface area (Å²) in [6.07, 6.45) is 36.3. The molecule has 19 nitrogen and oxygen atoms in total. The molecule has 0 radical (unpaired) electrons. The maximum absolute atomic E-state index is 13.4. The first-order valence-electron chi connectivity index (χ1n) is 38.8. The lowest BCUT2D eigenvalue weighted by Crippen LogP contribution is -2.66. The minimum absolute atomic E-state index is 0.235. The van der Waals surface area contributed by atoms with Crippen LogP contribution in [-0.2, 0) is 33.2 Å². The van der Waals surface area contributed by atoms with Gasteiger partial charge in [-0.05, 0) is 12.8 Å². The molecule has 0 saturated carbocycles. The number of aliphatic hydroxyl groups excluding tert-OH is 11.